The summed E-state index contributed by atoms with van der Waals surface area (Å²) >= 11 is 0. The van der Waals surface area contributed by atoms with Gasteiger partial charge in [0.25, 0.3) is 0 Å². The Kier molecular flexibility index (Phi) is 4.87. The molecule has 0 unspecified atom stereocenters. The molecule has 0 saturated carbocycles. The lowest BCUT2D eigenvalue weighted by molar-refractivity contribution is 0.445. The highest BCUT2D eigenvalue weighted by Gasteiger charge is 2.31. The van der Waals surface area contributed by atoms with Crippen molar-refractivity contribution in [2.24, 2.45) is 0 Å². The van der Waals surface area contributed by atoms with Crippen LogP contribution in [0.3, 0.4) is 0 Å². The molecule has 10 heteroatoms. The van der Waals surface area contributed by atoms with Crippen molar-refractivity contribution < 1.29 is 20.4 Å². The van der Waals surface area contributed by atoms with E-state index < -0.39 is 60.2 Å². The van der Waals surface area contributed by atoms with Crippen molar-refractivity contribution in [1.82, 2.24) is 5.43 Å². The molecule has 0 spiro atoms. The van der Waals surface area contributed by atoms with Gasteiger partial charge in [-0.05, 0) is 49.6 Å². The van der Waals surface area contributed by atoms with Crippen molar-refractivity contribution in [3.8, 4) is 28.4 Å². The number of phenolic OH excluding ortho intramolecular Hbond substituents is 3. The number of hydrogen-bond acceptors (Lipinski definition) is 10. The highest BCUT2D eigenvalue weighted by atomic mass is 16.3. The van der Waals surface area contributed by atoms with Crippen molar-refractivity contribution in [3.63, 3.8) is 0 Å². The number of nitrogens with zero attached hydrogens (tertiary/aromatic N) is 1. The average Bonchev–Trinajstić information content (AvgIpc) is 2.96. The van der Waals surface area contributed by atoms with Gasteiger partial charge in [0.1, 0.15) is 17.2 Å². The van der Waals surface area contributed by atoms with Crippen molar-refractivity contribution >= 4 is 28.5 Å². The minimum atomic E-state index is -0.989. The summed E-state index contributed by atoms with van der Waals surface area (Å²) in [7, 11) is 0. The van der Waals surface area contributed by atoms with Gasteiger partial charge in [-0.1, -0.05) is 18.2 Å². The first-order valence-electron chi connectivity index (χ1n) is 12.7. The summed E-state index contributed by atoms with van der Waals surface area (Å²) in [5.41, 5.74) is 0.0349. The third-order valence-corrected chi connectivity index (χ3v) is 8.07. The molecule has 0 amide bonds. The minimum Gasteiger partial charge on any atom is -0.508 e. The summed E-state index contributed by atoms with van der Waals surface area (Å²) in [6.45, 7) is 1.35. The number of nitrogens with one attached hydrogen (secondary N) is 1. The van der Waals surface area contributed by atoms with E-state index in [9.17, 15) is 39.6 Å². The van der Waals surface area contributed by atoms with E-state index in [1.807, 2.05) is 0 Å². The summed E-state index contributed by atoms with van der Waals surface area (Å²) in [6.07, 6.45) is 1.89. The molecule has 1 heterocycles. The molecule has 202 valence electrons. The third kappa shape index (κ3) is 3.06. The number of benzene rings is 3. The van der Waals surface area contributed by atoms with Crippen LogP contribution in [-0.2, 0) is 12.8 Å². The maximum absolute atomic E-state index is 14.0. The second kappa shape index (κ2) is 8.18. The SMILES string of the molecule is Cc1c(O)cc2c(=O)c3c(=O)c4c(c(=O)c=3c(=O)c2c1O)CCc1cc2c(c(O)c1-4)=C(O)N(c1ccccc1)NC=2. The fourth-order valence-corrected chi connectivity index (χ4v) is 6.02. The fraction of sp³-hybridized carbons (Fsp3) is 0.0968. The van der Waals surface area contributed by atoms with Crippen molar-refractivity contribution in [2.45, 2.75) is 19.8 Å². The van der Waals surface area contributed by atoms with Crippen LogP contribution in [0.5, 0.6) is 17.2 Å². The second-order valence-electron chi connectivity index (χ2n) is 10.2. The van der Waals surface area contributed by atoms with E-state index in [1.165, 1.54) is 11.9 Å². The first-order valence-corrected chi connectivity index (χ1v) is 12.7. The van der Waals surface area contributed by atoms with E-state index in [0.717, 1.165) is 6.07 Å². The molecule has 0 atom stereocenters. The normalized spacial score (nSPS) is 13.9. The fourth-order valence-electron chi connectivity index (χ4n) is 6.02. The topological polar surface area (TPSA) is 164 Å². The Balaban J connectivity index is 1.64. The quantitative estimate of drug-likeness (QED) is 0.199. The van der Waals surface area contributed by atoms with Crippen LogP contribution < -0.4 is 42.6 Å². The maximum Gasteiger partial charge on any atom is 0.222 e. The molecule has 0 saturated heterocycles. The van der Waals surface area contributed by atoms with Crippen LogP contribution >= 0.6 is 0 Å². The molecular weight excluding hydrogens is 528 g/mol. The highest BCUT2D eigenvalue weighted by molar-refractivity contribution is 5.91. The lowest BCUT2D eigenvalue weighted by Crippen LogP contribution is -2.47. The highest BCUT2D eigenvalue weighted by Crippen LogP contribution is 2.35. The number of aliphatic hydroxyl groups excluding tert-OH is 1. The van der Waals surface area contributed by atoms with Gasteiger partial charge >= 0.3 is 0 Å². The Hall–Kier alpha value is -5.64. The molecule has 4 aliphatic rings. The minimum absolute atomic E-state index is 0.00501. The van der Waals surface area contributed by atoms with Crippen molar-refractivity contribution in [1.29, 1.82) is 0 Å². The molecule has 0 bridgehead atoms. The van der Waals surface area contributed by atoms with Crippen LogP contribution in [0.4, 0.5) is 5.69 Å². The Morgan fingerprint density at radius 2 is 1.46 bits per heavy atom. The Morgan fingerprint density at radius 1 is 0.756 bits per heavy atom. The van der Waals surface area contributed by atoms with Crippen molar-refractivity contribution in [2.75, 3.05) is 5.01 Å². The maximum atomic E-state index is 14.0. The number of aliphatic hydroxyl groups is 1. The largest absolute Gasteiger partial charge is 0.508 e. The zero-order valence-corrected chi connectivity index (χ0v) is 21.4. The van der Waals surface area contributed by atoms with Gasteiger partial charge in [-0.15, -0.1) is 0 Å². The molecule has 0 radical (unpaired) electrons. The molecule has 7 rings (SSSR count). The van der Waals surface area contributed by atoms with Crippen LogP contribution in [0, 0.1) is 17.4 Å². The molecular formula is C31H20N2O8. The van der Waals surface area contributed by atoms with Gasteiger partial charge in [0.05, 0.1) is 26.7 Å². The summed E-state index contributed by atoms with van der Waals surface area (Å²) in [6, 6.07) is 11.5. The van der Waals surface area contributed by atoms with Gasteiger partial charge in [-0.25, -0.2) is 5.01 Å². The van der Waals surface area contributed by atoms with Gasteiger partial charge in [0.15, 0.2) is 16.3 Å². The van der Waals surface area contributed by atoms with Crippen molar-refractivity contribution in [3.05, 3.63) is 121 Å². The zero-order chi connectivity index (χ0) is 28.9. The monoisotopic (exact) mass is 548 g/mol. The molecule has 3 aromatic rings. The number of rotatable bonds is 1. The molecule has 3 aromatic carbocycles. The average molecular weight is 549 g/mol. The van der Waals surface area contributed by atoms with Gasteiger partial charge in [-0.2, -0.15) is 0 Å². The number of hydrazine groups is 1. The third-order valence-electron chi connectivity index (χ3n) is 8.07. The standard InChI is InChI=1S/C31H20N2O8/c1-12-18(34)10-17-22(25(12)35)30(40)23-24(27(17)37)29(39)21-16(26(23)36)8-7-13-9-14-11-32-33(15-5-3-2-4-6-15)31(41)20(14)28(38)19(13)21/h2-6,9-11,32,34-35,38,41H,7-8H2,1H3. The number of anilines is 1. The zero-order valence-electron chi connectivity index (χ0n) is 21.4. The van der Waals surface area contributed by atoms with E-state index in [-0.39, 0.29) is 46.2 Å². The van der Waals surface area contributed by atoms with E-state index >= 15 is 0 Å². The van der Waals surface area contributed by atoms with Gasteiger partial charge in [0.2, 0.25) is 11.3 Å². The summed E-state index contributed by atoms with van der Waals surface area (Å²) in [4.78, 5) is 54.8. The first-order chi connectivity index (χ1) is 19.6. The Bertz CT molecular complexity index is 2430. The molecule has 41 heavy (non-hydrogen) atoms. The lowest BCUT2D eigenvalue weighted by Gasteiger charge is -2.27. The molecule has 5 N–H and O–H groups in total. The number of hydrogen-bond donors (Lipinski definition) is 5. The molecule has 0 aromatic heterocycles. The summed E-state index contributed by atoms with van der Waals surface area (Å²) < 4.78 is 0. The summed E-state index contributed by atoms with van der Waals surface area (Å²) in [5.74, 6) is -1.89. The van der Waals surface area contributed by atoms with E-state index in [0.29, 0.717) is 16.5 Å². The van der Waals surface area contributed by atoms with E-state index in [4.69, 9.17) is 0 Å². The summed E-state index contributed by atoms with van der Waals surface area (Å²) in [5, 5.41) is 43.2. The molecule has 0 fully saturated rings. The lowest BCUT2D eigenvalue weighted by atomic mass is 9.82. The Labute approximate surface area is 228 Å². The van der Waals surface area contributed by atoms with Gasteiger partial charge in [-0.3, -0.25) is 24.6 Å². The van der Waals surface area contributed by atoms with Crippen LogP contribution in [0.2, 0.25) is 0 Å². The van der Waals surface area contributed by atoms with E-state index in [2.05, 4.69) is 5.43 Å². The van der Waals surface area contributed by atoms with Crippen LogP contribution in [-0.4, -0.2) is 20.4 Å². The van der Waals surface area contributed by atoms with Crippen LogP contribution in [0.25, 0.3) is 34.0 Å². The second-order valence-corrected chi connectivity index (χ2v) is 10.2. The predicted octanol–water partition coefficient (Wildman–Crippen LogP) is 0.458. The molecule has 10 nitrogen and oxygen atoms in total. The smallest absolute Gasteiger partial charge is 0.222 e. The molecule has 3 aliphatic carbocycles. The van der Waals surface area contributed by atoms with Gasteiger partial charge < -0.3 is 20.4 Å². The number of aryl methyl sites for hydroxylation is 1. The number of para-hydroxylation sites is 1. The predicted molar refractivity (Wildman–Crippen MR) is 151 cm³/mol. The number of phenols is 3. The number of aromatic hydroxyl groups is 3. The van der Waals surface area contributed by atoms with E-state index in [1.54, 1.807) is 42.6 Å². The number of fused-ring (bicyclic) bond motifs is 5. The molecule has 1 aliphatic heterocycles. The van der Waals surface area contributed by atoms with Crippen LogP contribution in [0.15, 0.2) is 61.6 Å². The van der Waals surface area contributed by atoms with Crippen LogP contribution in [0.1, 0.15) is 16.7 Å². The first kappa shape index (κ1) is 24.4. The Morgan fingerprint density at radius 3 is 2.20 bits per heavy atom. The van der Waals surface area contributed by atoms with Gasteiger partial charge in [0, 0.05) is 39.1 Å².